The Hall–Kier alpha value is -3.59. The number of para-hydroxylation sites is 1. The number of amides is 1. The molecule has 6 nitrogen and oxygen atoms in total. The van der Waals surface area contributed by atoms with E-state index in [1.54, 1.807) is 12.1 Å². The highest BCUT2D eigenvalue weighted by Gasteiger charge is 2.32. The van der Waals surface area contributed by atoms with E-state index in [4.69, 9.17) is 11.6 Å². The van der Waals surface area contributed by atoms with Crippen molar-refractivity contribution >= 4 is 34.2 Å². The van der Waals surface area contributed by atoms with Crippen LogP contribution in [0.4, 0.5) is 19.0 Å². The number of hydrogen-bond acceptors (Lipinski definition) is 4. The van der Waals surface area contributed by atoms with Gasteiger partial charge in [0.05, 0.1) is 16.1 Å². The fourth-order valence-corrected chi connectivity index (χ4v) is 3.09. The van der Waals surface area contributed by atoms with E-state index in [2.05, 4.69) is 20.8 Å². The highest BCUT2D eigenvalue weighted by Crippen LogP contribution is 2.32. The Balaban J connectivity index is 1.54. The number of anilines is 1. The molecule has 10 heteroatoms. The first-order chi connectivity index (χ1) is 14.3. The van der Waals surface area contributed by atoms with Gasteiger partial charge in [0.25, 0.3) is 5.91 Å². The lowest BCUT2D eigenvalue weighted by Crippen LogP contribution is -2.31. The van der Waals surface area contributed by atoms with Gasteiger partial charge >= 0.3 is 6.18 Å². The number of carbonyl (C=O) groups excluding carboxylic acids is 1. The van der Waals surface area contributed by atoms with Gasteiger partial charge < -0.3 is 0 Å². The average Bonchev–Trinajstić information content (AvgIpc) is 3.20. The molecule has 0 saturated heterocycles. The summed E-state index contributed by atoms with van der Waals surface area (Å²) >= 11 is 5.99. The quantitative estimate of drug-likeness (QED) is 0.453. The lowest BCUT2D eigenvalue weighted by atomic mass is 10.2. The third kappa shape index (κ3) is 3.92. The fraction of sp³-hybridized carbons (Fsp3) is 0.0500. The summed E-state index contributed by atoms with van der Waals surface area (Å²) in [5.74, 6) is -0.123. The number of aromatic nitrogens is 3. The van der Waals surface area contributed by atoms with Gasteiger partial charge in [0, 0.05) is 17.8 Å². The lowest BCUT2D eigenvalue weighted by molar-refractivity contribution is -0.137. The Kier molecular flexibility index (Phi) is 5.04. The molecule has 4 aromatic rings. The maximum atomic E-state index is 12.8. The van der Waals surface area contributed by atoms with Crippen LogP contribution in [0.1, 0.15) is 16.1 Å². The molecule has 0 aliphatic heterocycles. The standard InChI is InChI=1S/C20H13ClF3N5O/c21-14-10-13(20(22,23)24)11-25-18(14)29-9-3-6-16(29)19(30)28-27-17-8-7-12-4-1-2-5-15(12)26-17/h1-11H,(H,26,27)(H,28,30). The topological polar surface area (TPSA) is 71.8 Å². The zero-order valence-electron chi connectivity index (χ0n) is 15.1. The SMILES string of the molecule is O=C(NNc1ccc2ccccc2n1)c1cccn1-c1ncc(C(F)(F)F)cc1Cl. The third-order valence-corrected chi connectivity index (χ3v) is 4.54. The lowest BCUT2D eigenvalue weighted by Gasteiger charge is -2.13. The summed E-state index contributed by atoms with van der Waals surface area (Å²) in [6.45, 7) is 0. The molecule has 0 bridgehead atoms. The van der Waals surface area contributed by atoms with Crippen molar-refractivity contribution in [2.45, 2.75) is 6.18 Å². The van der Waals surface area contributed by atoms with Gasteiger partial charge in [-0.3, -0.25) is 20.2 Å². The van der Waals surface area contributed by atoms with Crippen LogP contribution >= 0.6 is 11.6 Å². The molecule has 3 aromatic heterocycles. The summed E-state index contributed by atoms with van der Waals surface area (Å²) in [4.78, 5) is 20.8. The van der Waals surface area contributed by atoms with Crippen molar-refractivity contribution < 1.29 is 18.0 Å². The molecule has 0 radical (unpaired) electrons. The molecule has 1 amide bonds. The van der Waals surface area contributed by atoms with Crippen LogP contribution < -0.4 is 10.9 Å². The smallest absolute Gasteiger partial charge is 0.295 e. The van der Waals surface area contributed by atoms with Crippen molar-refractivity contribution in [3.63, 3.8) is 0 Å². The number of benzene rings is 1. The Morgan fingerprint density at radius 1 is 1.07 bits per heavy atom. The van der Waals surface area contributed by atoms with Gasteiger partial charge in [-0.15, -0.1) is 0 Å². The van der Waals surface area contributed by atoms with E-state index in [1.165, 1.54) is 16.8 Å². The van der Waals surface area contributed by atoms with Crippen molar-refractivity contribution in [1.82, 2.24) is 20.0 Å². The molecule has 0 spiro atoms. The molecular weight excluding hydrogens is 419 g/mol. The highest BCUT2D eigenvalue weighted by atomic mass is 35.5. The second-order valence-corrected chi connectivity index (χ2v) is 6.67. The maximum absolute atomic E-state index is 12.8. The van der Waals surface area contributed by atoms with Gasteiger partial charge in [-0.1, -0.05) is 29.8 Å². The number of pyridine rings is 2. The van der Waals surface area contributed by atoms with E-state index in [1.807, 2.05) is 30.3 Å². The predicted molar refractivity (Wildman–Crippen MR) is 106 cm³/mol. The molecular formula is C20H13ClF3N5O. The Labute approximate surface area is 173 Å². The van der Waals surface area contributed by atoms with Gasteiger partial charge in [-0.05, 0) is 36.4 Å². The minimum Gasteiger partial charge on any atom is -0.295 e. The van der Waals surface area contributed by atoms with Gasteiger partial charge in [0.1, 0.15) is 11.5 Å². The molecule has 2 N–H and O–H groups in total. The minimum absolute atomic E-state index is 0.00338. The van der Waals surface area contributed by atoms with Crippen molar-refractivity contribution in [1.29, 1.82) is 0 Å². The van der Waals surface area contributed by atoms with E-state index in [-0.39, 0.29) is 16.5 Å². The number of fused-ring (bicyclic) bond motifs is 1. The Bertz CT molecular complexity index is 1240. The van der Waals surface area contributed by atoms with Gasteiger partial charge in [-0.25, -0.2) is 9.97 Å². The molecule has 4 rings (SSSR count). The molecule has 152 valence electrons. The second-order valence-electron chi connectivity index (χ2n) is 6.26. The van der Waals surface area contributed by atoms with Crippen molar-refractivity contribution in [3.05, 3.63) is 83.3 Å². The Morgan fingerprint density at radius 3 is 2.63 bits per heavy atom. The maximum Gasteiger partial charge on any atom is 0.417 e. The zero-order valence-corrected chi connectivity index (χ0v) is 15.9. The number of halogens is 4. The normalized spacial score (nSPS) is 11.5. The van der Waals surface area contributed by atoms with Crippen LogP contribution in [0, 0.1) is 0 Å². The third-order valence-electron chi connectivity index (χ3n) is 4.26. The van der Waals surface area contributed by atoms with Gasteiger partial charge in [0.15, 0.2) is 5.82 Å². The summed E-state index contributed by atoms with van der Waals surface area (Å²) in [6.07, 6.45) is -2.42. The molecule has 0 aliphatic rings. The van der Waals surface area contributed by atoms with E-state index in [0.717, 1.165) is 17.0 Å². The number of nitrogens with zero attached hydrogens (tertiary/aromatic N) is 3. The van der Waals surface area contributed by atoms with Crippen LogP contribution in [-0.4, -0.2) is 20.4 Å². The van der Waals surface area contributed by atoms with Crippen molar-refractivity contribution in [3.8, 4) is 5.82 Å². The summed E-state index contributed by atoms with van der Waals surface area (Å²) in [6, 6.07) is 14.9. The summed E-state index contributed by atoms with van der Waals surface area (Å²) < 4.78 is 39.8. The number of hydrogen-bond donors (Lipinski definition) is 2. The van der Waals surface area contributed by atoms with Crippen molar-refractivity contribution in [2.24, 2.45) is 0 Å². The van der Waals surface area contributed by atoms with Crippen LogP contribution in [0.3, 0.4) is 0 Å². The van der Waals surface area contributed by atoms with Crippen molar-refractivity contribution in [2.75, 3.05) is 5.43 Å². The van der Waals surface area contributed by atoms with Crippen LogP contribution in [-0.2, 0) is 6.18 Å². The summed E-state index contributed by atoms with van der Waals surface area (Å²) in [5.41, 5.74) is 5.13. The number of hydrazine groups is 1. The largest absolute Gasteiger partial charge is 0.417 e. The van der Waals surface area contributed by atoms with Crippen LogP contribution in [0.25, 0.3) is 16.7 Å². The molecule has 0 unspecified atom stereocenters. The summed E-state index contributed by atoms with van der Waals surface area (Å²) in [7, 11) is 0. The van der Waals surface area contributed by atoms with Crippen LogP contribution in [0.5, 0.6) is 0 Å². The first kappa shape index (κ1) is 19.7. The number of rotatable bonds is 4. The monoisotopic (exact) mass is 431 g/mol. The predicted octanol–water partition coefficient (Wildman–Crippen LogP) is 4.85. The average molecular weight is 432 g/mol. The van der Waals surface area contributed by atoms with Gasteiger partial charge in [-0.2, -0.15) is 13.2 Å². The first-order valence-corrected chi connectivity index (χ1v) is 9.03. The minimum atomic E-state index is -4.57. The molecule has 0 fully saturated rings. The summed E-state index contributed by atoms with van der Waals surface area (Å²) in [5, 5.41) is 0.713. The fourth-order valence-electron chi connectivity index (χ4n) is 2.83. The Morgan fingerprint density at radius 2 is 1.87 bits per heavy atom. The molecule has 3 heterocycles. The van der Waals surface area contributed by atoms with Crippen LogP contribution in [0.15, 0.2) is 67.0 Å². The second kappa shape index (κ2) is 7.68. The van der Waals surface area contributed by atoms with E-state index >= 15 is 0 Å². The molecule has 1 aromatic carbocycles. The number of carbonyl (C=O) groups is 1. The van der Waals surface area contributed by atoms with E-state index < -0.39 is 17.6 Å². The molecule has 0 saturated carbocycles. The van der Waals surface area contributed by atoms with E-state index in [0.29, 0.717) is 12.0 Å². The number of nitrogens with one attached hydrogen (secondary N) is 2. The van der Waals surface area contributed by atoms with Crippen LogP contribution in [0.2, 0.25) is 5.02 Å². The number of alkyl halides is 3. The zero-order chi connectivity index (χ0) is 21.3. The molecule has 0 aliphatic carbocycles. The van der Waals surface area contributed by atoms with Gasteiger partial charge in [0.2, 0.25) is 0 Å². The van der Waals surface area contributed by atoms with E-state index in [9.17, 15) is 18.0 Å². The molecule has 30 heavy (non-hydrogen) atoms. The first-order valence-electron chi connectivity index (χ1n) is 8.65. The highest BCUT2D eigenvalue weighted by molar-refractivity contribution is 6.32. The molecule has 0 atom stereocenters.